The third-order valence-corrected chi connectivity index (χ3v) is 5.10. The zero-order chi connectivity index (χ0) is 18.6. The summed E-state index contributed by atoms with van der Waals surface area (Å²) >= 11 is 2.97. The molecule has 0 aliphatic rings. The molecule has 138 valence electrons. The number of methoxy groups -OCH3 is 1. The predicted molar refractivity (Wildman–Crippen MR) is 116 cm³/mol. The van der Waals surface area contributed by atoms with Crippen molar-refractivity contribution in [2.75, 3.05) is 29.2 Å². The summed E-state index contributed by atoms with van der Waals surface area (Å²) in [4.78, 5) is 0. The SMILES string of the molecule is COCc1ccc(NC(=N)SCCCSC(=N)Nc2ccccc2)cc1. The lowest BCUT2D eigenvalue weighted by molar-refractivity contribution is 0.185. The Morgan fingerprint density at radius 2 is 1.38 bits per heavy atom. The molecule has 26 heavy (non-hydrogen) atoms. The number of thioether (sulfide) groups is 2. The van der Waals surface area contributed by atoms with Crippen LogP contribution in [0.25, 0.3) is 0 Å². The zero-order valence-electron chi connectivity index (χ0n) is 14.7. The fourth-order valence-corrected chi connectivity index (χ4v) is 3.66. The first-order chi connectivity index (χ1) is 12.7. The second-order valence-corrected chi connectivity index (χ2v) is 7.67. The molecule has 2 aromatic carbocycles. The van der Waals surface area contributed by atoms with Crippen LogP contribution in [0.1, 0.15) is 12.0 Å². The van der Waals surface area contributed by atoms with Gasteiger partial charge in [0.2, 0.25) is 0 Å². The molecule has 0 aliphatic carbocycles. The molecule has 0 radical (unpaired) electrons. The van der Waals surface area contributed by atoms with Crippen molar-refractivity contribution in [1.82, 2.24) is 0 Å². The highest BCUT2D eigenvalue weighted by Gasteiger charge is 2.02. The maximum Gasteiger partial charge on any atom is 0.158 e. The standard InChI is InChI=1S/C19H24N4OS2/c1-24-14-15-8-10-17(11-9-15)23-19(21)26-13-5-12-25-18(20)22-16-6-3-2-4-7-16/h2-4,6-11H,5,12-14H2,1H3,(H2,20,22)(H2,21,23). The third kappa shape index (κ3) is 7.95. The second kappa shape index (κ2) is 11.6. The molecule has 0 amide bonds. The van der Waals surface area contributed by atoms with Crippen molar-refractivity contribution in [2.45, 2.75) is 13.0 Å². The molecule has 0 heterocycles. The van der Waals surface area contributed by atoms with E-state index in [1.807, 2.05) is 54.6 Å². The Labute approximate surface area is 163 Å². The molecule has 0 spiro atoms. The summed E-state index contributed by atoms with van der Waals surface area (Å²) < 4.78 is 5.09. The van der Waals surface area contributed by atoms with Gasteiger partial charge in [0.15, 0.2) is 10.3 Å². The predicted octanol–water partition coefficient (Wildman–Crippen LogP) is 5.08. The van der Waals surface area contributed by atoms with Crippen molar-refractivity contribution >= 4 is 45.2 Å². The molecule has 4 N–H and O–H groups in total. The van der Waals surface area contributed by atoms with Crippen LogP contribution in [0.15, 0.2) is 54.6 Å². The Morgan fingerprint density at radius 3 is 1.92 bits per heavy atom. The van der Waals surface area contributed by atoms with E-state index < -0.39 is 0 Å². The Bertz CT molecular complexity index is 692. The fourth-order valence-electron chi connectivity index (χ4n) is 2.11. The first-order valence-corrected chi connectivity index (χ1v) is 10.2. The fraction of sp³-hybridized carbons (Fsp3) is 0.263. The quantitative estimate of drug-likeness (QED) is 0.288. The van der Waals surface area contributed by atoms with Crippen LogP contribution in [0, 0.1) is 10.8 Å². The Kier molecular flexibility index (Phi) is 9.09. The highest BCUT2D eigenvalue weighted by Crippen LogP contribution is 2.15. The number of hydrogen-bond acceptors (Lipinski definition) is 5. The Balaban J connectivity index is 1.57. The lowest BCUT2D eigenvalue weighted by Crippen LogP contribution is -2.08. The van der Waals surface area contributed by atoms with Crippen LogP contribution in [0.2, 0.25) is 0 Å². The van der Waals surface area contributed by atoms with E-state index in [-0.39, 0.29) is 0 Å². The molecular formula is C19H24N4OS2. The van der Waals surface area contributed by atoms with Gasteiger partial charge in [-0.25, -0.2) is 0 Å². The number of rotatable bonds is 8. The second-order valence-electron chi connectivity index (χ2n) is 5.45. The van der Waals surface area contributed by atoms with E-state index in [0.29, 0.717) is 16.9 Å². The van der Waals surface area contributed by atoms with Crippen LogP contribution in [0.4, 0.5) is 11.4 Å². The Hall–Kier alpha value is -1.96. The van der Waals surface area contributed by atoms with Crippen molar-refractivity contribution in [2.24, 2.45) is 0 Å². The maximum absolute atomic E-state index is 8.00. The zero-order valence-corrected chi connectivity index (χ0v) is 16.4. The minimum atomic E-state index is 0.437. The van der Waals surface area contributed by atoms with Crippen LogP contribution >= 0.6 is 23.5 Å². The van der Waals surface area contributed by atoms with Gasteiger partial charge in [-0.1, -0.05) is 53.9 Å². The van der Waals surface area contributed by atoms with Crippen molar-refractivity contribution in [1.29, 1.82) is 10.8 Å². The smallest absolute Gasteiger partial charge is 0.158 e. The molecule has 0 bridgehead atoms. The van der Waals surface area contributed by atoms with Crippen LogP contribution in [0.3, 0.4) is 0 Å². The molecule has 0 fully saturated rings. The first-order valence-electron chi connectivity index (χ1n) is 8.27. The molecule has 0 unspecified atom stereocenters. The van der Waals surface area contributed by atoms with Crippen molar-refractivity contribution < 1.29 is 4.74 Å². The topological polar surface area (TPSA) is 81.0 Å². The summed E-state index contributed by atoms with van der Waals surface area (Å²) in [7, 11) is 1.68. The summed E-state index contributed by atoms with van der Waals surface area (Å²) in [6.45, 7) is 0.596. The highest BCUT2D eigenvalue weighted by atomic mass is 32.2. The third-order valence-electron chi connectivity index (χ3n) is 3.34. The first kappa shape index (κ1) is 20.4. The minimum Gasteiger partial charge on any atom is -0.380 e. The number of anilines is 2. The summed E-state index contributed by atoms with van der Waals surface area (Å²) in [5, 5.41) is 23.0. The van der Waals surface area contributed by atoms with Crippen molar-refractivity contribution in [3.63, 3.8) is 0 Å². The average molecular weight is 389 g/mol. The molecule has 2 aromatic rings. The number of hydrogen-bond donors (Lipinski definition) is 4. The number of ether oxygens (including phenoxy) is 1. The average Bonchev–Trinajstić information content (AvgIpc) is 2.64. The van der Waals surface area contributed by atoms with Gasteiger partial charge < -0.3 is 15.4 Å². The van der Waals surface area contributed by atoms with Gasteiger partial charge in [-0.2, -0.15) is 0 Å². The summed E-state index contributed by atoms with van der Waals surface area (Å²) in [6.07, 6.45) is 0.936. The molecule has 0 saturated heterocycles. The molecule has 0 saturated carbocycles. The molecule has 0 aliphatic heterocycles. The monoisotopic (exact) mass is 388 g/mol. The summed E-state index contributed by atoms with van der Waals surface area (Å²) in [6, 6.07) is 17.6. The van der Waals surface area contributed by atoms with E-state index in [9.17, 15) is 0 Å². The molecular weight excluding hydrogens is 364 g/mol. The lowest BCUT2D eigenvalue weighted by atomic mass is 10.2. The number of benzene rings is 2. The number of para-hydroxylation sites is 1. The molecule has 5 nitrogen and oxygen atoms in total. The van der Waals surface area contributed by atoms with Crippen LogP contribution in [-0.4, -0.2) is 29.0 Å². The van der Waals surface area contributed by atoms with Gasteiger partial charge in [0.05, 0.1) is 6.61 Å². The Morgan fingerprint density at radius 1 is 0.846 bits per heavy atom. The van der Waals surface area contributed by atoms with E-state index in [4.69, 9.17) is 15.6 Å². The van der Waals surface area contributed by atoms with Gasteiger partial charge in [-0.05, 0) is 36.2 Å². The van der Waals surface area contributed by atoms with E-state index in [2.05, 4.69) is 10.6 Å². The maximum atomic E-state index is 8.00. The van der Waals surface area contributed by atoms with Gasteiger partial charge >= 0.3 is 0 Å². The molecule has 0 atom stereocenters. The van der Waals surface area contributed by atoms with Crippen LogP contribution in [0.5, 0.6) is 0 Å². The van der Waals surface area contributed by atoms with Gasteiger partial charge in [-0.15, -0.1) is 0 Å². The lowest BCUT2D eigenvalue weighted by Gasteiger charge is -2.09. The van der Waals surface area contributed by atoms with Crippen LogP contribution < -0.4 is 10.6 Å². The van der Waals surface area contributed by atoms with Crippen molar-refractivity contribution in [3.05, 3.63) is 60.2 Å². The van der Waals surface area contributed by atoms with E-state index in [1.165, 1.54) is 23.5 Å². The van der Waals surface area contributed by atoms with E-state index in [0.717, 1.165) is 34.9 Å². The van der Waals surface area contributed by atoms with Crippen LogP contribution in [-0.2, 0) is 11.3 Å². The number of nitrogens with one attached hydrogen (secondary N) is 4. The van der Waals surface area contributed by atoms with Gasteiger partial charge in [0, 0.05) is 30.0 Å². The normalized spacial score (nSPS) is 10.3. The van der Waals surface area contributed by atoms with Gasteiger partial charge in [0.1, 0.15) is 0 Å². The minimum absolute atomic E-state index is 0.437. The molecule has 0 aromatic heterocycles. The van der Waals surface area contributed by atoms with Crippen molar-refractivity contribution in [3.8, 4) is 0 Å². The largest absolute Gasteiger partial charge is 0.380 e. The number of amidine groups is 2. The van der Waals surface area contributed by atoms with E-state index >= 15 is 0 Å². The van der Waals surface area contributed by atoms with Gasteiger partial charge in [0.25, 0.3) is 0 Å². The summed E-state index contributed by atoms with van der Waals surface area (Å²) in [5.41, 5.74) is 2.95. The summed E-state index contributed by atoms with van der Waals surface area (Å²) in [5.74, 6) is 1.70. The highest BCUT2D eigenvalue weighted by molar-refractivity contribution is 8.14. The van der Waals surface area contributed by atoms with E-state index in [1.54, 1.807) is 7.11 Å². The van der Waals surface area contributed by atoms with Gasteiger partial charge in [-0.3, -0.25) is 10.8 Å². The molecule has 7 heteroatoms. The molecule has 2 rings (SSSR count).